The number of nitriles is 1. The van der Waals surface area contributed by atoms with Crippen LogP contribution in [0.4, 0.5) is 5.82 Å². The summed E-state index contributed by atoms with van der Waals surface area (Å²) in [4.78, 5) is 17.3. The lowest BCUT2D eigenvalue weighted by Gasteiger charge is -2.38. The van der Waals surface area contributed by atoms with E-state index in [-0.39, 0.29) is 5.92 Å². The van der Waals surface area contributed by atoms with E-state index in [2.05, 4.69) is 4.98 Å². The molecule has 2 atom stereocenters. The van der Waals surface area contributed by atoms with Gasteiger partial charge in [0, 0.05) is 12.7 Å². The summed E-state index contributed by atoms with van der Waals surface area (Å²) >= 11 is 0. The van der Waals surface area contributed by atoms with E-state index in [0.29, 0.717) is 17.9 Å². The molecule has 0 spiro atoms. The first-order chi connectivity index (χ1) is 8.63. The molecule has 1 aliphatic rings. The standard InChI is InChI=1S/C13H15N3O2/c1-9-3-2-6-16(12(9)13(17)18)11-7-10(8-14)4-5-15-11/h4-5,7,9,12H,2-3,6H2,1H3,(H,17,18). The van der Waals surface area contributed by atoms with Gasteiger partial charge in [0.15, 0.2) is 0 Å². The van der Waals surface area contributed by atoms with Crippen molar-refractivity contribution < 1.29 is 9.90 Å². The van der Waals surface area contributed by atoms with Gasteiger partial charge in [-0.05, 0) is 30.9 Å². The minimum absolute atomic E-state index is 0.0868. The largest absolute Gasteiger partial charge is 0.480 e. The quantitative estimate of drug-likeness (QED) is 0.857. The Morgan fingerprint density at radius 3 is 3.11 bits per heavy atom. The van der Waals surface area contributed by atoms with Crippen molar-refractivity contribution in [2.45, 2.75) is 25.8 Å². The zero-order chi connectivity index (χ0) is 13.1. The number of rotatable bonds is 2. The zero-order valence-corrected chi connectivity index (χ0v) is 10.2. The van der Waals surface area contributed by atoms with Gasteiger partial charge < -0.3 is 10.0 Å². The van der Waals surface area contributed by atoms with Crippen molar-refractivity contribution in [1.82, 2.24) is 4.98 Å². The number of anilines is 1. The lowest BCUT2D eigenvalue weighted by Crippen LogP contribution is -2.49. The van der Waals surface area contributed by atoms with Crippen LogP contribution >= 0.6 is 0 Å². The minimum atomic E-state index is -0.827. The number of nitrogens with zero attached hydrogens (tertiary/aromatic N) is 3. The predicted molar refractivity (Wildman–Crippen MR) is 66.1 cm³/mol. The van der Waals surface area contributed by atoms with Crippen molar-refractivity contribution >= 4 is 11.8 Å². The van der Waals surface area contributed by atoms with Gasteiger partial charge in [-0.25, -0.2) is 9.78 Å². The normalized spacial score (nSPS) is 23.4. The highest BCUT2D eigenvalue weighted by molar-refractivity contribution is 5.78. The Kier molecular flexibility index (Phi) is 3.47. The predicted octanol–water partition coefficient (Wildman–Crippen LogP) is 1.64. The molecule has 0 bridgehead atoms. The van der Waals surface area contributed by atoms with E-state index in [1.54, 1.807) is 23.2 Å². The number of aliphatic carboxylic acids is 1. The number of carboxylic acid groups (broad SMARTS) is 1. The van der Waals surface area contributed by atoms with Crippen molar-refractivity contribution in [3.05, 3.63) is 23.9 Å². The molecular weight excluding hydrogens is 230 g/mol. The highest BCUT2D eigenvalue weighted by Gasteiger charge is 2.34. The fourth-order valence-electron chi connectivity index (χ4n) is 2.47. The molecule has 18 heavy (non-hydrogen) atoms. The van der Waals surface area contributed by atoms with E-state index in [4.69, 9.17) is 5.26 Å². The Morgan fingerprint density at radius 1 is 1.67 bits per heavy atom. The molecule has 94 valence electrons. The third-order valence-corrected chi connectivity index (χ3v) is 3.36. The van der Waals surface area contributed by atoms with Gasteiger partial charge in [-0.3, -0.25) is 0 Å². The monoisotopic (exact) mass is 245 g/mol. The first-order valence-electron chi connectivity index (χ1n) is 5.99. The summed E-state index contributed by atoms with van der Waals surface area (Å²) in [6.07, 6.45) is 3.40. The molecule has 0 aromatic carbocycles. The summed E-state index contributed by atoms with van der Waals surface area (Å²) in [5.74, 6) is -0.164. The summed E-state index contributed by atoms with van der Waals surface area (Å²) in [5.41, 5.74) is 0.502. The van der Waals surface area contributed by atoms with Gasteiger partial charge in [-0.15, -0.1) is 0 Å². The summed E-state index contributed by atoms with van der Waals surface area (Å²) in [7, 11) is 0. The van der Waals surface area contributed by atoms with Gasteiger partial charge in [-0.2, -0.15) is 5.26 Å². The van der Waals surface area contributed by atoms with Crippen molar-refractivity contribution in [2.24, 2.45) is 5.92 Å². The third kappa shape index (κ3) is 2.28. The number of carbonyl (C=O) groups is 1. The van der Waals surface area contributed by atoms with Crippen LogP contribution in [0.3, 0.4) is 0 Å². The highest BCUT2D eigenvalue weighted by Crippen LogP contribution is 2.27. The summed E-state index contributed by atoms with van der Waals surface area (Å²) in [5, 5.41) is 18.2. The third-order valence-electron chi connectivity index (χ3n) is 3.36. The van der Waals surface area contributed by atoms with Crippen LogP contribution in [-0.2, 0) is 4.79 Å². The Labute approximate surface area is 106 Å². The van der Waals surface area contributed by atoms with Crippen LogP contribution in [0.15, 0.2) is 18.3 Å². The number of piperidine rings is 1. The van der Waals surface area contributed by atoms with Crippen LogP contribution in [0, 0.1) is 17.2 Å². The van der Waals surface area contributed by atoms with Gasteiger partial charge in [0.05, 0.1) is 11.6 Å². The SMILES string of the molecule is CC1CCCN(c2cc(C#N)ccn2)C1C(=O)O. The van der Waals surface area contributed by atoms with Crippen LogP contribution in [0.5, 0.6) is 0 Å². The average molecular weight is 245 g/mol. The Morgan fingerprint density at radius 2 is 2.44 bits per heavy atom. The van der Waals surface area contributed by atoms with Gasteiger partial charge in [-0.1, -0.05) is 6.92 Å². The van der Waals surface area contributed by atoms with E-state index >= 15 is 0 Å². The second-order valence-corrected chi connectivity index (χ2v) is 4.61. The topological polar surface area (TPSA) is 77.2 Å². The fraction of sp³-hybridized carbons (Fsp3) is 0.462. The van der Waals surface area contributed by atoms with E-state index in [1.807, 2.05) is 13.0 Å². The Bertz CT molecular complexity index is 495. The molecule has 1 aliphatic heterocycles. The maximum atomic E-state index is 11.4. The van der Waals surface area contributed by atoms with Crippen molar-refractivity contribution in [2.75, 3.05) is 11.4 Å². The molecule has 0 aliphatic carbocycles. The molecular formula is C13H15N3O2. The van der Waals surface area contributed by atoms with Crippen molar-refractivity contribution in [3.8, 4) is 6.07 Å². The number of hydrogen-bond donors (Lipinski definition) is 1. The number of hydrogen-bond acceptors (Lipinski definition) is 4. The fourth-order valence-corrected chi connectivity index (χ4v) is 2.47. The summed E-state index contributed by atoms with van der Waals surface area (Å²) in [6, 6.07) is 4.76. The maximum Gasteiger partial charge on any atom is 0.326 e. The zero-order valence-electron chi connectivity index (χ0n) is 10.2. The van der Waals surface area contributed by atoms with E-state index in [9.17, 15) is 9.90 Å². The van der Waals surface area contributed by atoms with E-state index < -0.39 is 12.0 Å². The molecule has 5 nitrogen and oxygen atoms in total. The first kappa shape index (κ1) is 12.4. The van der Waals surface area contributed by atoms with Crippen LogP contribution < -0.4 is 4.90 Å². The van der Waals surface area contributed by atoms with E-state index in [1.165, 1.54) is 0 Å². The Hall–Kier alpha value is -2.09. The molecule has 1 N–H and O–H groups in total. The smallest absolute Gasteiger partial charge is 0.326 e. The van der Waals surface area contributed by atoms with Crippen LogP contribution in [0.2, 0.25) is 0 Å². The van der Waals surface area contributed by atoms with Crippen LogP contribution in [0.25, 0.3) is 0 Å². The van der Waals surface area contributed by atoms with Gasteiger partial charge in [0.2, 0.25) is 0 Å². The van der Waals surface area contributed by atoms with Crippen LogP contribution in [0.1, 0.15) is 25.3 Å². The molecule has 1 saturated heterocycles. The number of pyridine rings is 1. The molecule has 1 aromatic heterocycles. The average Bonchev–Trinajstić information content (AvgIpc) is 2.38. The molecule has 0 saturated carbocycles. The summed E-state index contributed by atoms with van der Waals surface area (Å²) < 4.78 is 0. The lowest BCUT2D eigenvalue weighted by molar-refractivity contribution is -0.140. The number of carboxylic acids is 1. The van der Waals surface area contributed by atoms with Gasteiger partial charge in [0.25, 0.3) is 0 Å². The van der Waals surface area contributed by atoms with Crippen molar-refractivity contribution in [1.29, 1.82) is 5.26 Å². The molecule has 2 heterocycles. The van der Waals surface area contributed by atoms with Crippen molar-refractivity contribution in [3.63, 3.8) is 0 Å². The van der Waals surface area contributed by atoms with Gasteiger partial charge in [0.1, 0.15) is 11.9 Å². The summed E-state index contributed by atoms with van der Waals surface area (Å²) in [6.45, 7) is 2.61. The first-order valence-corrected chi connectivity index (χ1v) is 5.99. The lowest BCUT2D eigenvalue weighted by atomic mass is 9.91. The second-order valence-electron chi connectivity index (χ2n) is 4.61. The molecule has 2 rings (SSSR count). The minimum Gasteiger partial charge on any atom is -0.480 e. The second kappa shape index (κ2) is 5.05. The maximum absolute atomic E-state index is 11.4. The van der Waals surface area contributed by atoms with E-state index in [0.717, 1.165) is 12.8 Å². The van der Waals surface area contributed by atoms with Gasteiger partial charge >= 0.3 is 5.97 Å². The number of aromatic nitrogens is 1. The molecule has 1 aromatic rings. The molecule has 5 heteroatoms. The Balaban J connectivity index is 2.34. The molecule has 1 fully saturated rings. The highest BCUT2D eigenvalue weighted by atomic mass is 16.4. The van der Waals surface area contributed by atoms with Crippen LogP contribution in [-0.4, -0.2) is 28.6 Å². The molecule has 2 unspecified atom stereocenters. The molecule has 0 amide bonds. The molecule has 0 radical (unpaired) electrons.